The standard InChI is InChI=1S/C12H17BrFN3O/c1-17(2)6-5-16-11(12(15)18)9-4-3-8(13)7-10(9)14/h3-4,7,11,16H,5-6H2,1-2H3,(H2,15,18). The highest BCUT2D eigenvalue weighted by atomic mass is 79.9. The van der Waals surface area contributed by atoms with Crippen LogP contribution in [0.3, 0.4) is 0 Å². The Labute approximate surface area is 114 Å². The van der Waals surface area contributed by atoms with Crippen LogP contribution >= 0.6 is 15.9 Å². The van der Waals surface area contributed by atoms with Crippen LogP contribution in [0.4, 0.5) is 4.39 Å². The molecule has 0 spiro atoms. The predicted molar refractivity (Wildman–Crippen MR) is 72.6 cm³/mol. The van der Waals surface area contributed by atoms with Crippen LogP contribution in [0.1, 0.15) is 11.6 Å². The third kappa shape index (κ3) is 4.36. The maximum absolute atomic E-state index is 13.8. The van der Waals surface area contributed by atoms with E-state index in [2.05, 4.69) is 21.2 Å². The number of primary amides is 1. The van der Waals surface area contributed by atoms with E-state index in [0.717, 1.165) is 6.54 Å². The van der Waals surface area contributed by atoms with Crippen molar-refractivity contribution in [3.63, 3.8) is 0 Å². The molecule has 0 aliphatic heterocycles. The summed E-state index contributed by atoms with van der Waals surface area (Å²) >= 11 is 3.17. The van der Waals surface area contributed by atoms with Gasteiger partial charge in [0.2, 0.25) is 5.91 Å². The zero-order chi connectivity index (χ0) is 13.7. The van der Waals surface area contributed by atoms with E-state index in [1.165, 1.54) is 6.07 Å². The van der Waals surface area contributed by atoms with Gasteiger partial charge in [-0.05, 0) is 26.2 Å². The first-order valence-electron chi connectivity index (χ1n) is 5.54. The Morgan fingerprint density at radius 2 is 2.22 bits per heavy atom. The summed E-state index contributed by atoms with van der Waals surface area (Å²) in [6, 6.07) is 3.75. The van der Waals surface area contributed by atoms with Gasteiger partial charge in [-0.3, -0.25) is 4.79 Å². The predicted octanol–water partition coefficient (Wildman–Crippen LogP) is 1.27. The van der Waals surface area contributed by atoms with Crippen LogP contribution < -0.4 is 11.1 Å². The Morgan fingerprint density at radius 1 is 1.56 bits per heavy atom. The summed E-state index contributed by atoms with van der Waals surface area (Å²) in [5, 5.41) is 2.96. The van der Waals surface area contributed by atoms with E-state index in [1.54, 1.807) is 12.1 Å². The van der Waals surface area contributed by atoms with Crippen molar-refractivity contribution in [1.82, 2.24) is 10.2 Å². The summed E-state index contributed by atoms with van der Waals surface area (Å²) in [5.41, 5.74) is 5.57. The molecule has 0 radical (unpaired) electrons. The molecule has 0 bridgehead atoms. The maximum atomic E-state index is 13.8. The summed E-state index contributed by atoms with van der Waals surface area (Å²) in [4.78, 5) is 13.3. The first kappa shape index (κ1) is 15.1. The molecule has 100 valence electrons. The number of nitrogens with one attached hydrogen (secondary N) is 1. The molecule has 0 saturated heterocycles. The minimum absolute atomic E-state index is 0.268. The van der Waals surface area contributed by atoms with Gasteiger partial charge in [-0.1, -0.05) is 22.0 Å². The molecule has 0 fully saturated rings. The molecular formula is C12H17BrFN3O. The van der Waals surface area contributed by atoms with Crippen molar-refractivity contribution < 1.29 is 9.18 Å². The van der Waals surface area contributed by atoms with Gasteiger partial charge >= 0.3 is 0 Å². The number of amides is 1. The van der Waals surface area contributed by atoms with Gasteiger partial charge in [0.25, 0.3) is 0 Å². The normalized spacial score (nSPS) is 12.7. The molecule has 18 heavy (non-hydrogen) atoms. The highest BCUT2D eigenvalue weighted by molar-refractivity contribution is 9.10. The Balaban J connectivity index is 2.81. The second-order valence-electron chi connectivity index (χ2n) is 4.26. The highest BCUT2D eigenvalue weighted by Gasteiger charge is 2.20. The van der Waals surface area contributed by atoms with Crippen molar-refractivity contribution in [3.05, 3.63) is 34.1 Å². The third-order valence-corrected chi connectivity index (χ3v) is 2.96. The summed E-state index contributed by atoms with van der Waals surface area (Å²) in [5.74, 6) is -1.04. The number of likely N-dealkylation sites (N-methyl/N-ethyl adjacent to an activating group) is 1. The van der Waals surface area contributed by atoms with E-state index in [9.17, 15) is 9.18 Å². The molecule has 4 nitrogen and oxygen atoms in total. The van der Waals surface area contributed by atoms with Crippen molar-refractivity contribution in [2.45, 2.75) is 6.04 Å². The SMILES string of the molecule is CN(C)CCNC(C(N)=O)c1ccc(Br)cc1F. The van der Waals surface area contributed by atoms with E-state index in [-0.39, 0.29) is 5.56 Å². The smallest absolute Gasteiger partial charge is 0.239 e. The van der Waals surface area contributed by atoms with Gasteiger partial charge in [0.05, 0.1) is 0 Å². The molecule has 1 aromatic carbocycles. The molecular weight excluding hydrogens is 301 g/mol. The van der Waals surface area contributed by atoms with E-state index in [0.29, 0.717) is 11.0 Å². The van der Waals surface area contributed by atoms with Crippen molar-refractivity contribution in [2.75, 3.05) is 27.2 Å². The van der Waals surface area contributed by atoms with Gasteiger partial charge in [0.15, 0.2) is 0 Å². The fourth-order valence-corrected chi connectivity index (χ4v) is 1.87. The Bertz CT molecular complexity index is 426. The van der Waals surface area contributed by atoms with Gasteiger partial charge in [-0.15, -0.1) is 0 Å². The highest BCUT2D eigenvalue weighted by Crippen LogP contribution is 2.20. The van der Waals surface area contributed by atoms with Gasteiger partial charge in [-0.2, -0.15) is 0 Å². The van der Waals surface area contributed by atoms with E-state index >= 15 is 0 Å². The molecule has 0 aromatic heterocycles. The molecule has 3 N–H and O–H groups in total. The molecule has 6 heteroatoms. The third-order valence-electron chi connectivity index (χ3n) is 2.47. The number of nitrogens with zero attached hydrogens (tertiary/aromatic N) is 1. The number of carbonyl (C=O) groups is 1. The van der Waals surface area contributed by atoms with Crippen LogP contribution in [0, 0.1) is 5.82 Å². The van der Waals surface area contributed by atoms with Gasteiger partial charge in [0.1, 0.15) is 11.9 Å². The largest absolute Gasteiger partial charge is 0.368 e. The number of halogens is 2. The van der Waals surface area contributed by atoms with Crippen LogP contribution in [0.5, 0.6) is 0 Å². The Morgan fingerprint density at radius 3 is 2.72 bits per heavy atom. The zero-order valence-corrected chi connectivity index (χ0v) is 12.0. The average molecular weight is 318 g/mol. The molecule has 0 saturated carbocycles. The maximum Gasteiger partial charge on any atom is 0.239 e. The Hall–Kier alpha value is -0.980. The van der Waals surface area contributed by atoms with Gasteiger partial charge < -0.3 is 16.0 Å². The molecule has 1 aromatic rings. The second kappa shape index (κ2) is 6.82. The molecule has 0 heterocycles. The van der Waals surface area contributed by atoms with Gasteiger partial charge in [-0.25, -0.2) is 4.39 Å². The van der Waals surface area contributed by atoms with Crippen LogP contribution in [0.2, 0.25) is 0 Å². The number of nitrogens with two attached hydrogens (primary N) is 1. The summed E-state index contributed by atoms with van der Waals surface area (Å²) < 4.78 is 14.4. The van der Waals surface area contributed by atoms with Crippen LogP contribution in [-0.4, -0.2) is 38.0 Å². The lowest BCUT2D eigenvalue weighted by atomic mass is 10.1. The van der Waals surface area contributed by atoms with E-state index < -0.39 is 17.8 Å². The van der Waals surface area contributed by atoms with Crippen molar-refractivity contribution in [2.24, 2.45) is 5.73 Å². The first-order chi connectivity index (χ1) is 8.41. The summed E-state index contributed by atoms with van der Waals surface area (Å²) in [6.45, 7) is 1.29. The van der Waals surface area contributed by atoms with Crippen molar-refractivity contribution in [1.29, 1.82) is 0 Å². The number of benzene rings is 1. The lowest BCUT2D eigenvalue weighted by molar-refractivity contribution is -0.120. The molecule has 0 aliphatic rings. The molecule has 1 unspecified atom stereocenters. The molecule has 0 aliphatic carbocycles. The number of hydrogen-bond acceptors (Lipinski definition) is 3. The zero-order valence-electron chi connectivity index (χ0n) is 10.4. The van der Waals surface area contributed by atoms with Crippen LogP contribution in [0.15, 0.2) is 22.7 Å². The fraction of sp³-hybridized carbons (Fsp3) is 0.417. The molecule has 1 amide bonds. The van der Waals surface area contributed by atoms with Gasteiger partial charge in [0, 0.05) is 23.1 Å². The summed E-state index contributed by atoms with van der Waals surface area (Å²) in [7, 11) is 3.84. The number of hydrogen-bond donors (Lipinski definition) is 2. The topological polar surface area (TPSA) is 58.4 Å². The lowest BCUT2D eigenvalue weighted by Crippen LogP contribution is -2.37. The van der Waals surface area contributed by atoms with Crippen LogP contribution in [-0.2, 0) is 4.79 Å². The monoisotopic (exact) mass is 317 g/mol. The lowest BCUT2D eigenvalue weighted by Gasteiger charge is -2.18. The molecule has 1 rings (SSSR count). The van der Waals surface area contributed by atoms with Crippen LogP contribution in [0.25, 0.3) is 0 Å². The quantitative estimate of drug-likeness (QED) is 0.830. The number of carbonyl (C=O) groups excluding carboxylic acids is 1. The van der Waals surface area contributed by atoms with E-state index in [4.69, 9.17) is 5.73 Å². The minimum atomic E-state index is -0.807. The minimum Gasteiger partial charge on any atom is -0.368 e. The first-order valence-corrected chi connectivity index (χ1v) is 6.33. The summed E-state index contributed by atoms with van der Waals surface area (Å²) in [6.07, 6.45) is 0. The Kier molecular flexibility index (Phi) is 5.71. The number of rotatable bonds is 6. The van der Waals surface area contributed by atoms with Crippen molar-refractivity contribution >= 4 is 21.8 Å². The fourth-order valence-electron chi connectivity index (χ4n) is 1.53. The van der Waals surface area contributed by atoms with Crippen molar-refractivity contribution in [3.8, 4) is 0 Å². The molecule has 1 atom stereocenters. The van der Waals surface area contributed by atoms with E-state index in [1.807, 2.05) is 19.0 Å². The average Bonchev–Trinajstić information content (AvgIpc) is 2.25. The second-order valence-corrected chi connectivity index (χ2v) is 5.17.